The first-order chi connectivity index (χ1) is 16.5. The summed E-state index contributed by atoms with van der Waals surface area (Å²) < 4.78 is 5.71. The van der Waals surface area contributed by atoms with Crippen LogP contribution in [0.4, 0.5) is 0 Å². The number of carbonyl (C=O) groups is 2. The van der Waals surface area contributed by atoms with Crippen molar-refractivity contribution in [1.29, 1.82) is 0 Å². The van der Waals surface area contributed by atoms with Crippen LogP contribution in [0.2, 0.25) is 0 Å². The third kappa shape index (κ3) is 4.58. The molecule has 0 aliphatic rings. The number of rotatable bonds is 10. The van der Waals surface area contributed by atoms with E-state index in [1.807, 2.05) is 13.0 Å². The number of phenolic OH excluding ortho intramolecular Hbond substituents is 1. The topological polar surface area (TPSA) is 125 Å². The summed E-state index contributed by atoms with van der Waals surface area (Å²) in [5, 5.41) is 29.0. The number of furan rings is 1. The van der Waals surface area contributed by atoms with Crippen molar-refractivity contribution in [3.8, 4) is 5.75 Å². The number of aromatic hydroxyl groups is 1. The Kier molecular flexibility index (Phi) is 7.08. The van der Waals surface area contributed by atoms with Crippen LogP contribution in [0.3, 0.4) is 0 Å². The Morgan fingerprint density at radius 3 is 2.53 bits per heavy atom. The summed E-state index contributed by atoms with van der Waals surface area (Å²) in [6, 6.07) is 10.2. The molecule has 1 atom stereocenters. The van der Waals surface area contributed by atoms with Crippen molar-refractivity contribution in [3.05, 3.63) is 71.7 Å². The lowest BCUT2D eigenvalue weighted by Gasteiger charge is -2.23. The number of fused-ring (bicyclic) bond motifs is 3. The third-order valence-corrected chi connectivity index (χ3v) is 5.85. The van der Waals surface area contributed by atoms with Crippen LogP contribution in [0.25, 0.3) is 21.7 Å². The molecule has 0 radical (unpaired) electrons. The van der Waals surface area contributed by atoms with Gasteiger partial charge in [0.15, 0.2) is 0 Å². The van der Waals surface area contributed by atoms with Gasteiger partial charge in [-0.25, -0.2) is 4.79 Å². The summed E-state index contributed by atoms with van der Waals surface area (Å²) in [5.74, 6) is -1.18. The molecule has 0 spiro atoms. The standard InChI is InChI=1S/C26H27N3O5/c1-2-3-8-20(30)28-13-14-29-23(16-9-11-27-12-10-16)22-21-19(26(32)33)15-34-25(21)18-7-5-4-6-17(18)24(22)31/h4-7,9-12,15,23,29,31H,2-3,8,13-14H2,1H3,(H,28,30)(H,32,33). The maximum atomic E-state index is 12.0. The molecule has 0 bridgehead atoms. The average molecular weight is 462 g/mol. The first-order valence-electron chi connectivity index (χ1n) is 11.3. The first kappa shape index (κ1) is 23.3. The number of benzene rings is 2. The summed E-state index contributed by atoms with van der Waals surface area (Å²) in [6.07, 6.45) is 6.75. The van der Waals surface area contributed by atoms with E-state index < -0.39 is 12.0 Å². The van der Waals surface area contributed by atoms with Crippen molar-refractivity contribution in [2.24, 2.45) is 0 Å². The fourth-order valence-electron chi connectivity index (χ4n) is 4.20. The molecule has 0 aliphatic carbocycles. The molecule has 4 N–H and O–H groups in total. The molecule has 8 heteroatoms. The molecule has 1 amide bonds. The molecule has 8 nitrogen and oxygen atoms in total. The highest BCUT2D eigenvalue weighted by molar-refractivity contribution is 6.15. The summed E-state index contributed by atoms with van der Waals surface area (Å²) in [5.41, 5.74) is 1.56. The van der Waals surface area contributed by atoms with E-state index in [2.05, 4.69) is 15.6 Å². The molecule has 34 heavy (non-hydrogen) atoms. The van der Waals surface area contributed by atoms with Crippen LogP contribution < -0.4 is 10.6 Å². The van der Waals surface area contributed by atoms with Gasteiger partial charge in [0.05, 0.1) is 6.04 Å². The summed E-state index contributed by atoms with van der Waals surface area (Å²) in [7, 11) is 0. The van der Waals surface area contributed by atoms with Crippen molar-refractivity contribution in [3.63, 3.8) is 0 Å². The van der Waals surface area contributed by atoms with Gasteiger partial charge >= 0.3 is 5.97 Å². The number of nitrogens with one attached hydrogen (secondary N) is 2. The minimum absolute atomic E-state index is 0.0111. The van der Waals surface area contributed by atoms with E-state index in [-0.39, 0.29) is 17.2 Å². The van der Waals surface area contributed by atoms with Crippen LogP contribution in [0.1, 0.15) is 53.7 Å². The molecule has 176 valence electrons. The Bertz CT molecular complexity index is 1320. The second kappa shape index (κ2) is 10.4. The predicted octanol–water partition coefficient (Wildman–Crippen LogP) is 4.37. The minimum atomic E-state index is -1.15. The number of hydrogen-bond acceptors (Lipinski definition) is 6. The molecule has 0 saturated carbocycles. The molecule has 0 fully saturated rings. The number of aromatic carboxylic acids is 1. The van der Waals surface area contributed by atoms with Gasteiger partial charge in [-0.15, -0.1) is 0 Å². The number of carboxylic acids is 1. The summed E-state index contributed by atoms with van der Waals surface area (Å²) >= 11 is 0. The molecular formula is C26H27N3O5. The molecule has 4 rings (SSSR count). The molecular weight excluding hydrogens is 434 g/mol. The quantitative estimate of drug-likeness (QED) is 0.259. The maximum Gasteiger partial charge on any atom is 0.339 e. The number of phenols is 1. The molecule has 0 saturated heterocycles. The number of amides is 1. The molecule has 2 aromatic heterocycles. The SMILES string of the molecule is CCCCC(=O)NCCNC(c1ccncc1)c1c(O)c2ccccc2c2occ(C(=O)O)c12. The maximum absolute atomic E-state index is 12.0. The van der Waals surface area contributed by atoms with Gasteiger partial charge in [-0.2, -0.15) is 0 Å². The van der Waals surface area contributed by atoms with Crippen LogP contribution in [-0.2, 0) is 4.79 Å². The molecule has 2 heterocycles. The number of nitrogens with zero attached hydrogens (tertiary/aromatic N) is 1. The Morgan fingerprint density at radius 1 is 1.09 bits per heavy atom. The van der Waals surface area contributed by atoms with Gasteiger partial charge in [0.1, 0.15) is 23.2 Å². The van der Waals surface area contributed by atoms with Crippen LogP contribution in [-0.4, -0.2) is 40.2 Å². The van der Waals surface area contributed by atoms with Crippen molar-refractivity contribution in [2.75, 3.05) is 13.1 Å². The van der Waals surface area contributed by atoms with E-state index >= 15 is 0 Å². The van der Waals surface area contributed by atoms with E-state index in [1.165, 1.54) is 6.26 Å². The normalized spacial score (nSPS) is 12.1. The fourth-order valence-corrected chi connectivity index (χ4v) is 4.20. The van der Waals surface area contributed by atoms with E-state index in [1.54, 1.807) is 42.7 Å². The highest BCUT2D eigenvalue weighted by Gasteiger charge is 2.28. The monoisotopic (exact) mass is 461 g/mol. The highest BCUT2D eigenvalue weighted by atomic mass is 16.4. The zero-order chi connectivity index (χ0) is 24.1. The number of unbranched alkanes of at least 4 members (excludes halogenated alkanes) is 1. The van der Waals surface area contributed by atoms with Gasteiger partial charge in [0.25, 0.3) is 0 Å². The van der Waals surface area contributed by atoms with Crippen molar-refractivity contribution >= 4 is 33.6 Å². The second-order valence-electron chi connectivity index (χ2n) is 8.09. The van der Waals surface area contributed by atoms with Gasteiger partial charge < -0.3 is 25.3 Å². The number of hydrogen-bond donors (Lipinski definition) is 4. The van der Waals surface area contributed by atoms with Gasteiger partial charge in [-0.3, -0.25) is 9.78 Å². The molecule has 2 aromatic carbocycles. The van der Waals surface area contributed by atoms with Crippen LogP contribution in [0.15, 0.2) is 59.5 Å². The van der Waals surface area contributed by atoms with E-state index in [0.717, 1.165) is 18.4 Å². The molecule has 4 aromatic rings. The van der Waals surface area contributed by atoms with Gasteiger partial charge in [-0.05, 0) is 24.1 Å². The lowest BCUT2D eigenvalue weighted by Crippen LogP contribution is -2.34. The van der Waals surface area contributed by atoms with Crippen molar-refractivity contribution < 1.29 is 24.2 Å². The fraction of sp³-hybridized carbons (Fsp3) is 0.269. The van der Waals surface area contributed by atoms with E-state index in [9.17, 15) is 19.8 Å². The Labute approximate surface area is 196 Å². The van der Waals surface area contributed by atoms with Crippen LogP contribution in [0, 0.1) is 0 Å². The third-order valence-electron chi connectivity index (χ3n) is 5.85. The van der Waals surface area contributed by atoms with Crippen LogP contribution >= 0.6 is 0 Å². The van der Waals surface area contributed by atoms with Gasteiger partial charge in [-0.1, -0.05) is 37.6 Å². The lowest BCUT2D eigenvalue weighted by molar-refractivity contribution is -0.121. The Balaban J connectivity index is 1.79. The molecule has 0 aliphatic heterocycles. The lowest BCUT2D eigenvalue weighted by atomic mass is 9.90. The average Bonchev–Trinajstić information content (AvgIpc) is 3.30. The van der Waals surface area contributed by atoms with E-state index in [0.29, 0.717) is 46.8 Å². The van der Waals surface area contributed by atoms with Crippen LogP contribution in [0.5, 0.6) is 5.75 Å². The van der Waals surface area contributed by atoms with Gasteiger partial charge in [0.2, 0.25) is 5.91 Å². The number of aromatic nitrogens is 1. The van der Waals surface area contributed by atoms with E-state index in [4.69, 9.17) is 4.42 Å². The zero-order valence-corrected chi connectivity index (χ0v) is 18.9. The summed E-state index contributed by atoms with van der Waals surface area (Å²) in [6.45, 7) is 2.82. The largest absolute Gasteiger partial charge is 0.507 e. The van der Waals surface area contributed by atoms with Crippen molar-refractivity contribution in [2.45, 2.75) is 32.2 Å². The number of carboxylic acid groups (broad SMARTS) is 1. The molecule has 1 unspecified atom stereocenters. The number of carbonyl (C=O) groups excluding carboxylic acids is 1. The first-order valence-corrected chi connectivity index (χ1v) is 11.3. The second-order valence-corrected chi connectivity index (χ2v) is 8.09. The van der Waals surface area contributed by atoms with Gasteiger partial charge in [0, 0.05) is 53.6 Å². The highest BCUT2D eigenvalue weighted by Crippen LogP contribution is 2.44. The smallest absolute Gasteiger partial charge is 0.339 e. The number of pyridine rings is 1. The predicted molar refractivity (Wildman–Crippen MR) is 129 cm³/mol. The Morgan fingerprint density at radius 2 is 1.82 bits per heavy atom. The Hall–Kier alpha value is -3.91. The van der Waals surface area contributed by atoms with Crippen molar-refractivity contribution in [1.82, 2.24) is 15.6 Å². The summed E-state index contributed by atoms with van der Waals surface area (Å²) in [4.78, 5) is 28.1. The minimum Gasteiger partial charge on any atom is -0.507 e. The zero-order valence-electron chi connectivity index (χ0n) is 18.9.